The van der Waals surface area contributed by atoms with Crippen molar-refractivity contribution in [2.45, 2.75) is 51.5 Å². The van der Waals surface area contributed by atoms with E-state index in [1.807, 2.05) is 49.4 Å². The van der Waals surface area contributed by atoms with Crippen LogP contribution >= 0.6 is 0 Å². The van der Waals surface area contributed by atoms with Gasteiger partial charge in [-0.05, 0) is 19.8 Å². The summed E-state index contributed by atoms with van der Waals surface area (Å²) in [6.07, 6.45) is 7.59. The van der Waals surface area contributed by atoms with Gasteiger partial charge in [0, 0.05) is 23.7 Å². The molecule has 1 aromatic carbocycles. The minimum atomic E-state index is 0.466. The molecule has 0 saturated heterocycles. The van der Waals surface area contributed by atoms with Crippen LogP contribution in [0.1, 0.15) is 44.3 Å². The first kappa shape index (κ1) is 17.5. The van der Waals surface area contributed by atoms with Crippen LogP contribution in [0.4, 0.5) is 17.5 Å². The van der Waals surface area contributed by atoms with Crippen LogP contribution in [0.15, 0.2) is 47.0 Å². The molecule has 0 amide bonds. The van der Waals surface area contributed by atoms with E-state index < -0.39 is 0 Å². The molecule has 0 bridgehead atoms. The highest BCUT2D eigenvalue weighted by Gasteiger charge is 2.15. The fraction of sp³-hybridized carbons (Fsp3) is 0.381. The van der Waals surface area contributed by atoms with Crippen LogP contribution in [0.2, 0.25) is 0 Å². The number of anilines is 3. The number of nitrogens with zero attached hydrogens (tertiary/aromatic N) is 3. The Balaban J connectivity index is 1.63. The maximum Gasteiger partial charge on any atom is 0.175 e. The summed E-state index contributed by atoms with van der Waals surface area (Å²) < 4.78 is 5.15. The zero-order chi connectivity index (χ0) is 18.5. The van der Waals surface area contributed by atoms with Gasteiger partial charge in [-0.3, -0.25) is 0 Å². The van der Waals surface area contributed by atoms with Gasteiger partial charge in [-0.1, -0.05) is 61.2 Å². The molecule has 4 rings (SSSR count). The normalized spacial score (nSPS) is 15.3. The third kappa shape index (κ3) is 4.64. The number of aryl methyl sites for hydroxylation is 1. The summed E-state index contributed by atoms with van der Waals surface area (Å²) in [7, 11) is 0. The average Bonchev–Trinajstić information content (AvgIpc) is 2.92. The molecule has 0 radical (unpaired) electrons. The Morgan fingerprint density at radius 1 is 0.889 bits per heavy atom. The molecular formula is C21H25N5O. The predicted octanol–water partition coefficient (Wildman–Crippen LogP) is 5.32. The Kier molecular flexibility index (Phi) is 5.32. The molecule has 0 spiro atoms. The molecule has 6 nitrogen and oxygen atoms in total. The van der Waals surface area contributed by atoms with Crippen molar-refractivity contribution < 1.29 is 4.52 Å². The molecule has 27 heavy (non-hydrogen) atoms. The smallest absolute Gasteiger partial charge is 0.175 e. The molecular weight excluding hydrogens is 338 g/mol. The van der Waals surface area contributed by atoms with Crippen LogP contribution < -0.4 is 10.6 Å². The molecule has 0 unspecified atom stereocenters. The molecule has 0 atom stereocenters. The quantitative estimate of drug-likeness (QED) is 0.598. The highest BCUT2D eigenvalue weighted by Crippen LogP contribution is 2.25. The maximum absolute atomic E-state index is 5.15. The molecule has 140 valence electrons. The Morgan fingerprint density at radius 2 is 1.63 bits per heavy atom. The summed E-state index contributed by atoms with van der Waals surface area (Å²) in [4.78, 5) is 9.45. The molecule has 0 aliphatic heterocycles. The first-order chi connectivity index (χ1) is 13.3. The van der Waals surface area contributed by atoms with Crippen molar-refractivity contribution in [1.82, 2.24) is 15.1 Å². The Morgan fingerprint density at radius 3 is 2.33 bits per heavy atom. The molecule has 3 aromatic rings. The molecule has 2 heterocycles. The van der Waals surface area contributed by atoms with Gasteiger partial charge in [0.05, 0.1) is 0 Å². The second kappa shape index (κ2) is 8.20. The van der Waals surface area contributed by atoms with E-state index in [-0.39, 0.29) is 0 Å². The van der Waals surface area contributed by atoms with Gasteiger partial charge in [0.25, 0.3) is 0 Å². The predicted molar refractivity (Wildman–Crippen MR) is 107 cm³/mol. The second-order valence-electron chi connectivity index (χ2n) is 7.11. The summed E-state index contributed by atoms with van der Waals surface area (Å²) >= 11 is 0. The summed E-state index contributed by atoms with van der Waals surface area (Å²) in [5.41, 5.74) is 0.987. The van der Waals surface area contributed by atoms with E-state index >= 15 is 0 Å². The van der Waals surface area contributed by atoms with E-state index in [9.17, 15) is 0 Å². The summed E-state index contributed by atoms with van der Waals surface area (Å²) in [5.74, 6) is 3.64. The number of hydrogen-bond acceptors (Lipinski definition) is 6. The van der Waals surface area contributed by atoms with Crippen LogP contribution in [-0.4, -0.2) is 21.2 Å². The molecule has 1 saturated carbocycles. The lowest BCUT2D eigenvalue weighted by Gasteiger charge is -2.18. The zero-order valence-corrected chi connectivity index (χ0v) is 15.6. The van der Waals surface area contributed by atoms with Gasteiger partial charge in [-0.15, -0.1) is 0 Å². The molecule has 1 aliphatic rings. The lowest BCUT2D eigenvalue weighted by molar-refractivity contribution is 0.400. The SMILES string of the molecule is Cc1cc(Nc2cc(NC3CCCCCC3)nc(-c3ccccc3)n2)no1. The van der Waals surface area contributed by atoms with Gasteiger partial charge in [0.15, 0.2) is 11.6 Å². The van der Waals surface area contributed by atoms with Gasteiger partial charge in [0.1, 0.15) is 17.4 Å². The van der Waals surface area contributed by atoms with E-state index in [1.54, 1.807) is 0 Å². The van der Waals surface area contributed by atoms with E-state index in [2.05, 4.69) is 20.8 Å². The Hall–Kier alpha value is -2.89. The number of aromatic nitrogens is 3. The number of benzene rings is 1. The minimum absolute atomic E-state index is 0.466. The first-order valence-electron chi connectivity index (χ1n) is 9.68. The lowest BCUT2D eigenvalue weighted by atomic mass is 10.1. The van der Waals surface area contributed by atoms with Gasteiger partial charge < -0.3 is 15.2 Å². The van der Waals surface area contributed by atoms with Crippen molar-refractivity contribution in [3.63, 3.8) is 0 Å². The van der Waals surface area contributed by atoms with Crippen LogP contribution in [-0.2, 0) is 0 Å². The topological polar surface area (TPSA) is 75.9 Å². The van der Waals surface area contributed by atoms with E-state index in [0.717, 1.165) is 17.1 Å². The van der Waals surface area contributed by atoms with Crippen LogP contribution in [0, 0.1) is 6.92 Å². The van der Waals surface area contributed by atoms with Crippen molar-refractivity contribution >= 4 is 17.5 Å². The van der Waals surface area contributed by atoms with Crippen LogP contribution in [0.5, 0.6) is 0 Å². The minimum Gasteiger partial charge on any atom is -0.367 e. The van der Waals surface area contributed by atoms with Gasteiger partial charge in [0.2, 0.25) is 0 Å². The van der Waals surface area contributed by atoms with Gasteiger partial charge in [-0.25, -0.2) is 9.97 Å². The van der Waals surface area contributed by atoms with Crippen LogP contribution in [0.25, 0.3) is 11.4 Å². The van der Waals surface area contributed by atoms with Crippen LogP contribution in [0.3, 0.4) is 0 Å². The van der Waals surface area contributed by atoms with E-state index in [1.165, 1.54) is 38.5 Å². The van der Waals surface area contributed by atoms with Crippen molar-refractivity contribution in [3.05, 3.63) is 48.2 Å². The number of nitrogens with one attached hydrogen (secondary N) is 2. The van der Waals surface area contributed by atoms with Crippen molar-refractivity contribution in [2.75, 3.05) is 10.6 Å². The summed E-state index contributed by atoms with van der Waals surface area (Å²) in [6, 6.07) is 14.3. The second-order valence-corrected chi connectivity index (χ2v) is 7.11. The van der Waals surface area contributed by atoms with E-state index in [0.29, 0.717) is 23.5 Å². The zero-order valence-electron chi connectivity index (χ0n) is 15.6. The molecule has 2 aromatic heterocycles. The van der Waals surface area contributed by atoms with E-state index in [4.69, 9.17) is 9.51 Å². The standard InChI is InChI=1S/C21H25N5O/c1-15-13-20(26-27-15)23-19-14-18(22-17-11-7-2-3-8-12-17)24-21(25-19)16-9-5-4-6-10-16/h4-6,9-10,13-14,17H,2-3,7-8,11-12H2,1H3,(H2,22,23,24,25,26). The summed E-state index contributed by atoms with van der Waals surface area (Å²) in [5, 5.41) is 10.9. The lowest BCUT2D eigenvalue weighted by Crippen LogP contribution is -2.19. The van der Waals surface area contributed by atoms with Gasteiger partial charge in [-0.2, -0.15) is 0 Å². The Labute approximate surface area is 159 Å². The third-order valence-corrected chi connectivity index (χ3v) is 4.85. The number of rotatable bonds is 5. The molecule has 6 heteroatoms. The van der Waals surface area contributed by atoms with Gasteiger partial charge >= 0.3 is 0 Å². The molecule has 2 N–H and O–H groups in total. The fourth-order valence-electron chi connectivity index (χ4n) is 3.49. The monoisotopic (exact) mass is 363 g/mol. The summed E-state index contributed by atoms with van der Waals surface area (Å²) in [6.45, 7) is 1.87. The molecule has 1 aliphatic carbocycles. The largest absolute Gasteiger partial charge is 0.367 e. The number of hydrogen-bond donors (Lipinski definition) is 2. The average molecular weight is 363 g/mol. The first-order valence-corrected chi connectivity index (χ1v) is 9.68. The van der Waals surface area contributed by atoms with Crippen molar-refractivity contribution in [1.29, 1.82) is 0 Å². The highest BCUT2D eigenvalue weighted by molar-refractivity contribution is 5.64. The maximum atomic E-state index is 5.15. The fourth-order valence-corrected chi connectivity index (χ4v) is 3.49. The van der Waals surface area contributed by atoms with Crippen molar-refractivity contribution in [2.24, 2.45) is 0 Å². The third-order valence-electron chi connectivity index (χ3n) is 4.85. The van der Waals surface area contributed by atoms with Crippen molar-refractivity contribution in [3.8, 4) is 11.4 Å². The Bertz CT molecular complexity index is 869. The molecule has 1 fully saturated rings. The highest BCUT2D eigenvalue weighted by atomic mass is 16.5.